The first-order valence-corrected chi connectivity index (χ1v) is 11.6. The molecule has 1 saturated carbocycles. The maximum atomic E-state index is 13.1. The minimum absolute atomic E-state index is 0.0232. The van der Waals surface area contributed by atoms with Crippen molar-refractivity contribution in [3.05, 3.63) is 41.4 Å². The summed E-state index contributed by atoms with van der Waals surface area (Å²) < 4.78 is 5.29. The molecular weight excluding hydrogens is 428 g/mol. The second kappa shape index (κ2) is 8.54. The normalized spacial score (nSPS) is 24.5. The number of rotatable bonds is 6. The molecule has 0 radical (unpaired) electrons. The van der Waals surface area contributed by atoms with Crippen molar-refractivity contribution in [3.8, 4) is 0 Å². The Morgan fingerprint density at radius 2 is 2.03 bits per heavy atom. The molecule has 1 aromatic heterocycles. The van der Waals surface area contributed by atoms with Gasteiger partial charge in [-0.25, -0.2) is 9.78 Å². The van der Waals surface area contributed by atoms with E-state index in [4.69, 9.17) is 4.74 Å². The van der Waals surface area contributed by atoms with Crippen LogP contribution in [0.15, 0.2) is 35.7 Å². The van der Waals surface area contributed by atoms with Gasteiger partial charge in [-0.1, -0.05) is 39.0 Å². The van der Waals surface area contributed by atoms with Gasteiger partial charge in [-0.3, -0.25) is 14.5 Å². The molecule has 0 bridgehead atoms. The van der Waals surface area contributed by atoms with E-state index in [0.29, 0.717) is 29.6 Å². The molecule has 32 heavy (non-hydrogen) atoms. The standard InChI is InChI=1S/C23H28N4O4S/c1-15-9-22(2,3)14-23(10-15)19(29)27(21(30)26-23)11-18(28)31-12-17-13-32-20(25-17)24-16-7-5-4-6-8-16/h4-8,13,15H,9-12,14H2,1-3H3,(H,24,25)(H,26,30)/t15-,23+/m1/s1. The Bertz CT molecular complexity index is 1020. The summed E-state index contributed by atoms with van der Waals surface area (Å²) in [6.07, 6.45) is 2.15. The number of nitrogens with one attached hydrogen (secondary N) is 2. The number of hydrogen-bond acceptors (Lipinski definition) is 7. The number of esters is 1. The van der Waals surface area contributed by atoms with Crippen LogP contribution in [-0.4, -0.2) is 39.9 Å². The number of imide groups is 1. The largest absolute Gasteiger partial charge is 0.458 e. The van der Waals surface area contributed by atoms with Crippen LogP contribution in [0.1, 0.15) is 45.7 Å². The Hall–Kier alpha value is -2.94. The van der Waals surface area contributed by atoms with Gasteiger partial charge in [-0.2, -0.15) is 0 Å². The molecule has 1 aromatic carbocycles. The zero-order valence-corrected chi connectivity index (χ0v) is 19.3. The Morgan fingerprint density at radius 1 is 1.28 bits per heavy atom. The summed E-state index contributed by atoms with van der Waals surface area (Å²) in [5, 5.41) is 8.54. The molecule has 1 saturated heterocycles. The molecule has 1 aliphatic carbocycles. The van der Waals surface area contributed by atoms with Gasteiger partial charge in [-0.05, 0) is 42.7 Å². The summed E-state index contributed by atoms with van der Waals surface area (Å²) >= 11 is 1.40. The number of benzene rings is 1. The van der Waals surface area contributed by atoms with Gasteiger partial charge in [0.1, 0.15) is 18.7 Å². The van der Waals surface area contributed by atoms with Gasteiger partial charge in [0.05, 0.1) is 5.69 Å². The fraction of sp³-hybridized carbons (Fsp3) is 0.478. The first kappa shape index (κ1) is 22.3. The van der Waals surface area contributed by atoms with Gasteiger partial charge in [0.2, 0.25) is 0 Å². The van der Waals surface area contributed by atoms with Gasteiger partial charge in [0, 0.05) is 11.1 Å². The highest BCUT2D eigenvalue weighted by atomic mass is 32.1. The number of amides is 3. The molecule has 2 N–H and O–H groups in total. The Morgan fingerprint density at radius 3 is 2.75 bits per heavy atom. The molecule has 1 aliphatic heterocycles. The van der Waals surface area contributed by atoms with Gasteiger partial charge >= 0.3 is 12.0 Å². The summed E-state index contributed by atoms with van der Waals surface area (Å²) in [7, 11) is 0. The zero-order chi connectivity index (χ0) is 22.9. The number of hydrogen-bond donors (Lipinski definition) is 2. The number of urea groups is 1. The first-order chi connectivity index (χ1) is 15.2. The van der Waals surface area contributed by atoms with Gasteiger partial charge in [0.15, 0.2) is 5.13 Å². The van der Waals surface area contributed by atoms with E-state index in [1.54, 1.807) is 5.38 Å². The average Bonchev–Trinajstić information content (AvgIpc) is 3.23. The van der Waals surface area contributed by atoms with Crippen LogP contribution in [0.25, 0.3) is 0 Å². The van der Waals surface area contributed by atoms with Gasteiger partial charge in [0.25, 0.3) is 5.91 Å². The fourth-order valence-corrected chi connectivity index (χ4v) is 5.77. The van der Waals surface area contributed by atoms with Crippen LogP contribution in [0, 0.1) is 11.3 Å². The van der Waals surface area contributed by atoms with Crippen LogP contribution in [0.5, 0.6) is 0 Å². The molecule has 8 nitrogen and oxygen atoms in total. The van der Waals surface area contributed by atoms with Crippen molar-refractivity contribution in [2.45, 2.75) is 52.2 Å². The third kappa shape index (κ3) is 4.77. The number of para-hydroxylation sites is 1. The molecule has 2 heterocycles. The molecule has 3 amide bonds. The average molecular weight is 457 g/mol. The van der Waals surface area contributed by atoms with Crippen molar-refractivity contribution in [1.82, 2.24) is 15.2 Å². The minimum atomic E-state index is -0.925. The smallest absolute Gasteiger partial charge is 0.326 e. The molecule has 2 atom stereocenters. The maximum absolute atomic E-state index is 13.1. The van der Waals surface area contributed by atoms with Crippen LogP contribution in [0.4, 0.5) is 15.6 Å². The lowest BCUT2D eigenvalue weighted by Crippen LogP contribution is -2.54. The van der Waals surface area contributed by atoms with Gasteiger partial charge < -0.3 is 15.4 Å². The van der Waals surface area contributed by atoms with E-state index < -0.39 is 24.1 Å². The quantitative estimate of drug-likeness (QED) is 0.502. The van der Waals surface area contributed by atoms with Crippen molar-refractivity contribution >= 4 is 40.1 Å². The molecule has 9 heteroatoms. The number of ether oxygens (including phenoxy) is 1. The monoisotopic (exact) mass is 456 g/mol. The molecule has 2 aromatic rings. The van der Waals surface area contributed by atoms with E-state index in [1.807, 2.05) is 30.3 Å². The van der Waals surface area contributed by atoms with E-state index in [1.165, 1.54) is 11.3 Å². The van der Waals surface area contributed by atoms with Crippen LogP contribution in [0.2, 0.25) is 0 Å². The maximum Gasteiger partial charge on any atom is 0.326 e. The summed E-state index contributed by atoms with van der Waals surface area (Å²) in [6, 6.07) is 9.11. The van der Waals surface area contributed by atoms with Crippen LogP contribution in [0.3, 0.4) is 0 Å². The summed E-state index contributed by atoms with van der Waals surface area (Å²) in [6.45, 7) is 5.88. The van der Waals surface area contributed by atoms with E-state index in [-0.39, 0.29) is 17.9 Å². The second-order valence-corrected chi connectivity index (χ2v) is 10.4. The van der Waals surface area contributed by atoms with Gasteiger partial charge in [-0.15, -0.1) is 11.3 Å². The number of thiazole rings is 1. The molecule has 2 aliphatic rings. The molecule has 170 valence electrons. The number of nitrogens with zero attached hydrogens (tertiary/aromatic N) is 2. The zero-order valence-electron chi connectivity index (χ0n) is 18.5. The molecule has 4 rings (SSSR count). The van der Waals surface area contributed by atoms with Crippen LogP contribution < -0.4 is 10.6 Å². The highest BCUT2D eigenvalue weighted by molar-refractivity contribution is 7.13. The van der Waals surface area contributed by atoms with E-state index in [9.17, 15) is 14.4 Å². The summed E-state index contributed by atoms with van der Waals surface area (Å²) in [5.74, 6) is -0.667. The highest BCUT2D eigenvalue weighted by Crippen LogP contribution is 2.46. The number of carbonyl (C=O) groups excluding carboxylic acids is 3. The lowest BCUT2D eigenvalue weighted by Gasteiger charge is -2.43. The lowest BCUT2D eigenvalue weighted by molar-refractivity contribution is -0.149. The van der Waals surface area contributed by atoms with Crippen molar-refractivity contribution in [2.24, 2.45) is 11.3 Å². The topological polar surface area (TPSA) is 101 Å². The molecular formula is C23H28N4O4S. The third-order valence-electron chi connectivity index (χ3n) is 5.87. The summed E-state index contributed by atoms with van der Waals surface area (Å²) in [4.78, 5) is 43.4. The van der Waals surface area contributed by atoms with E-state index >= 15 is 0 Å². The minimum Gasteiger partial charge on any atom is -0.458 e. The van der Waals surface area contributed by atoms with Crippen LogP contribution >= 0.6 is 11.3 Å². The predicted octanol–water partition coefficient (Wildman–Crippen LogP) is 4.07. The van der Waals surface area contributed by atoms with Crippen molar-refractivity contribution in [1.29, 1.82) is 0 Å². The molecule has 2 fully saturated rings. The van der Waals surface area contributed by atoms with Crippen molar-refractivity contribution < 1.29 is 19.1 Å². The Balaban J connectivity index is 1.33. The highest BCUT2D eigenvalue weighted by Gasteiger charge is 2.56. The number of carbonyl (C=O) groups is 3. The number of aromatic nitrogens is 1. The van der Waals surface area contributed by atoms with Crippen molar-refractivity contribution in [3.63, 3.8) is 0 Å². The van der Waals surface area contributed by atoms with E-state index in [0.717, 1.165) is 17.0 Å². The fourth-order valence-electron chi connectivity index (χ4n) is 5.05. The molecule has 0 unspecified atom stereocenters. The second-order valence-electron chi connectivity index (χ2n) is 9.55. The Labute approximate surface area is 191 Å². The van der Waals surface area contributed by atoms with Crippen molar-refractivity contribution in [2.75, 3.05) is 11.9 Å². The predicted molar refractivity (Wildman–Crippen MR) is 121 cm³/mol. The van der Waals surface area contributed by atoms with Crippen LogP contribution in [-0.2, 0) is 20.9 Å². The molecule has 1 spiro atoms. The lowest BCUT2D eigenvalue weighted by atomic mass is 9.64. The summed E-state index contributed by atoms with van der Waals surface area (Å²) in [5.41, 5.74) is 0.523. The number of anilines is 2. The SMILES string of the molecule is C[C@@H]1CC(C)(C)C[C@]2(C1)NC(=O)N(CC(=O)OCc1csc(Nc3ccccc3)n1)C2=O. The first-order valence-electron chi connectivity index (χ1n) is 10.7. The Kier molecular flexibility index (Phi) is 5.94. The van der Waals surface area contributed by atoms with E-state index in [2.05, 4.69) is 36.4 Å². The third-order valence-corrected chi connectivity index (χ3v) is 6.68.